The van der Waals surface area contributed by atoms with Crippen molar-refractivity contribution in [2.24, 2.45) is 5.92 Å². The van der Waals surface area contributed by atoms with E-state index in [4.69, 9.17) is 4.74 Å². The highest BCUT2D eigenvalue weighted by atomic mass is 32.1. The second-order valence-corrected chi connectivity index (χ2v) is 6.87. The van der Waals surface area contributed by atoms with Crippen molar-refractivity contribution >= 4 is 27.5 Å². The topological polar surface area (TPSA) is 61.2 Å². The number of carbonyl (C=O) groups is 1. The van der Waals surface area contributed by atoms with Crippen LogP contribution in [0.4, 0.5) is 0 Å². The highest BCUT2D eigenvalue weighted by molar-refractivity contribution is 7.20. The Hall–Kier alpha value is -1.69. The second kappa shape index (κ2) is 5.83. The minimum absolute atomic E-state index is 0.0154. The first-order chi connectivity index (χ1) is 10.5. The number of aromatic nitrogens is 2. The molecule has 0 aromatic carbocycles. The van der Waals surface area contributed by atoms with Gasteiger partial charge in [0.25, 0.3) is 5.56 Å². The summed E-state index contributed by atoms with van der Waals surface area (Å²) < 4.78 is 6.86. The third-order valence-electron chi connectivity index (χ3n) is 4.30. The Kier molecular flexibility index (Phi) is 4.04. The van der Waals surface area contributed by atoms with Crippen LogP contribution >= 0.6 is 11.3 Å². The van der Waals surface area contributed by atoms with Gasteiger partial charge >= 0.3 is 5.97 Å². The van der Waals surface area contributed by atoms with Crippen molar-refractivity contribution in [3.63, 3.8) is 0 Å². The molecule has 0 aliphatic carbocycles. The average molecular weight is 320 g/mol. The SMILES string of the molecule is CCOC(=O)c1sc2nc3n(c(=O)c2c1C)CC[C@@H](C)CC3. The molecule has 6 heteroatoms. The standard InChI is InChI=1S/C16H20N2O3S/c1-4-21-16(20)13-10(3)12-14(22-13)17-11-6-5-9(2)7-8-18(11)15(12)19/h9H,4-8H2,1-3H3/t9-/m0/s1. The van der Waals surface area contributed by atoms with Crippen LogP contribution in [0.3, 0.4) is 0 Å². The molecule has 3 heterocycles. The van der Waals surface area contributed by atoms with Crippen LogP contribution in [0.1, 0.15) is 47.7 Å². The first kappa shape index (κ1) is 15.2. The Morgan fingerprint density at radius 3 is 2.95 bits per heavy atom. The van der Waals surface area contributed by atoms with E-state index in [0.717, 1.165) is 25.1 Å². The summed E-state index contributed by atoms with van der Waals surface area (Å²) >= 11 is 1.27. The van der Waals surface area contributed by atoms with E-state index in [-0.39, 0.29) is 11.5 Å². The van der Waals surface area contributed by atoms with Gasteiger partial charge in [0.1, 0.15) is 15.5 Å². The van der Waals surface area contributed by atoms with Gasteiger partial charge in [-0.05, 0) is 38.2 Å². The lowest BCUT2D eigenvalue weighted by Gasteiger charge is -2.08. The Morgan fingerprint density at radius 2 is 2.23 bits per heavy atom. The maximum absolute atomic E-state index is 12.8. The molecule has 0 amide bonds. The molecule has 0 N–H and O–H groups in total. The molecule has 2 aromatic heterocycles. The molecule has 1 atom stereocenters. The second-order valence-electron chi connectivity index (χ2n) is 5.87. The zero-order valence-electron chi connectivity index (χ0n) is 13.1. The molecule has 2 aromatic rings. The summed E-state index contributed by atoms with van der Waals surface area (Å²) in [4.78, 5) is 30.7. The lowest BCUT2D eigenvalue weighted by Crippen LogP contribution is -2.24. The molecule has 0 bridgehead atoms. The van der Waals surface area contributed by atoms with Gasteiger partial charge < -0.3 is 4.74 Å². The fourth-order valence-electron chi connectivity index (χ4n) is 2.94. The molecule has 1 aliphatic rings. The molecule has 22 heavy (non-hydrogen) atoms. The van der Waals surface area contributed by atoms with Crippen LogP contribution in [-0.4, -0.2) is 22.1 Å². The van der Waals surface area contributed by atoms with Crippen LogP contribution < -0.4 is 5.56 Å². The largest absolute Gasteiger partial charge is 0.462 e. The predicted molar refractivity (Wildman–Crippen MR) is 86.7 cm³/mol. The number of fused-ring (bicyclic) bond motifs is 2. The maximum atomic E-state index is 12.8. The molecular weight excluding hydrogens is 300 g/mol. The normalized spacial score (nSPS) is 18.0. The number of aryl methyl sites for hydroxylation is 2. The van der Waals surface area contributed by atoms with E-state index in [1.807, 2.05) is 0 Å². The van der Waals surface area contributed by atoms with E-state index in [9.17, 15) is 9.59 Å². The molecule has 0 spiro atoms. The van der Waals surface area contributed by atoms with Crippen LogP contribution in [0.15, 0.2) is 4.79 Å². The van der Waals surface area contributed by atoms with E-state index in [1.165, 1.54) is 11.3 Å². The number of hydrogen-bond acceptors (Lipinski definition) is 5. The van der Waals surface area contributed by atoms with Gasteiger partial charge in [0.2, 0.25) is 0 Å². The van der Waals surface area contributed by atoms with E-state index in [2.05, 4.69) is 11.9 Å². The van der Waals surface area contributed by atoms with E-state index in [1.54, 1.807) is 18.4 Å². The summed E-state index contributed by atoms with van der Waals surface area (Å²) in [6.07, 6.45) is 2.86. The van der Waals surface area contributed by atoms with Crippen molar-refractivity contribution in [2.45, 2.75) is 46.6 Å². The van der Waals surface area contributed by atoms with Gasteiger partial charge in [0.15, 0.2) is 0 Å². The monoisotopic (exact) mass is 320 g/mol. The van der Waals surface area contributed by atoms with Crippen LogP contribution in [0, 0.1) is 12.8 Å². The number of nitrogens with zero attached hydrogens (tertiary/aromatic N) is 2. The van der Waals surface area contributed by atoms with Crippen molar-refractivity contribution in [3.8, 4) is 0 Å². The lowest BCUT2D eigenvalue weighted by molar-refractivity contribution is 0.0531. The van der Waals surface area contributed by atoms with Gasteiger partial charge in [-0.2, -0.15) is 0 Å². The number of ether oxygens (including phenoxy) is 1. The molecule has 3 rings (SSSR count). The predicted octanol–water partition coefficient (Wildman–Crippen LogP) is 2.92. The molecule has 1 aliphatic heterocycles. The Morgan fingerprint density at radius 1 is 1.45 bits per heavy atom. The minimum atomic E-state index is -0.365. The number of rotatable bonds is 2. The molecule has 0 fully saturated rings. The van der Waals surface area contributed by atoms with Gasteiger partial charge in [-0.25, -0.2) is 9.78 Å². The summed E-state index contributed by atoms with van der Waals surface area (Å²) in [5, 5.41) is 0.575. The summed E-state index contributed by atoms with van der Waals surface area (Å²) in [5.41, 5.74) is 0.682. The lowest BCUT2D eigenvalue weighted by atomic mass is 10.0. The highest BCUT2D eigenvalue weighted by Gasteiger charge is 2.23. The number of hydrogen-bond donors (Lipinski definition) is 0. The molecule has 0 saturated carbocycles. The minimum Gasteiger partial charge on any atom is -0.462 e. The van der Waals surface area contributed by atoms with Crippen LogP contribution in [-0.2, 0) is 17.7 Å². The van der Waals surface area contributed by atoms with E-state index >= 15 is 0 Å². The number of esters is 1. The molecular formula is C16H20N2O3S. The van der Waals surface area contributed by atoms with Crippen LogP contribution in [0.5, 0.6) is 0 Å². The molecule has 0 saturated heterocycles. The summed E-state index contributed by atoms with van der Waals surface area (Å²) in [6.45, 7) is 6.83. The highest BCUT2D eigenvalue weighted by Crippen LogP contribution is 2.29. The molecule has 0 radical (unpaired) electrons. The van der Waals surface area contributed by atoms with Gasteiger partial charge in [0, 0.05) is 13.0 Å². The van der Waals surface area contributed by atoms with Crippen LogP contribution in [0.2, 0.25) is 0 Å². The molecule has 5 nitrogen and oxygen atoms in total. The van der Waals surface area contributed by atoms with Crippen molar-refractivity contribution in [2.75, 3.05) is 6.61 Å². The third kappa shape index (κ3) is 2.45. The van der Waals surface area contributed by atoms with Crippen molar-refractivity contribution in [3.05, 3.63) is 26.6 Å². The van der Waals surface area contributed by atoms with Gasteiger partial charge in [0.05, 0.1) is 12.0 Å². The first-order valence-corrected chi connectivity index (χ1v) is 8.54. The Bertz CT molecular complexity index is 791. The van der Waals surface area contributed by atoms with Crippen molar-refractivity contribution in [1.82, 2.24) is 9.55 Å². The number of carbonyl (C=O) groups excluding carboxylic acids is 1. The number of thiophene rings is 1. The fourth-order valence-corrected chi connectivity index (χ4v) is 4.02. The van der Waals surface area contributed by atoms with Gasteiger partial charge in [-0.15, -0.1) is 11.3 Å². The zero-order valence-corrected chi connectivity index (χ0v) is 14.0. The Balaban J connectivity index is 2.18. The first-order valence-electron chi connectivity index (χ1n) is 7.72. The van der Waals surface area contributed by atoms with E-state index in [0.29, 0.717) is 39.7 Å². The fraction of sp³-hybridized carbons (Fsp3) is 0.562. The molecule has 118 valence electrons. The molecule has 0 unspecified atom stereocenters. The maximum Gasteiger partial charge on any atom is 0.348 e. The van der Waals surface area contributed by atoms with Crippen LogP contribution in [0.25, 0.3) is 10.2 Å². The van der Waals surface area contributed by atoms with Crippen molar-refractivity contribution < 1.29 is 9.53 Å². The van der Waals surface area contributed by atoms with Crippen molar-refractivity contribution in [1.29, 1.82) is 0 Å². The summed E-state index contributed by atoms with van der Waals surface area (Å²) in [7, 11) is 0. The Labute approximate surface area is 132 Å². The smallest absolute Gasteiger partial charge is 0.348 e. The summed E-state index contributed by atoms with van der Waals surface area (Å²) in [5.74, 6) is 1.09. The zero-order chi connectivity index (χ0) is 15.9. The summed E-state index contributed by atoms with van der Waals surface area (Å²) in [6, 6.07) is 0. The van der Waals surface area contributed by atoms with Gasteiger partial charge in [-0.1, -0.05) is 6.92 Å². The van der Waals surface area contributed by atoms with Gasteiger partial charge in [-0.3, -0.25) is 9.36 Å². The third-order valence-corrected chi connectivity index (χ3v) is 5.46. The van der Waals surface area contributed by atoms with E-state index < -0.39 is 0 Å². The quantitative estimate of drug-likeness (QED) is 0.798. The average Bonchev–Trinajstić information content (AvgIpc) is 2.69.